The SMILES string of the molecule is CC.CCCC(CC)CN1CCC(CC)CC1. The first-order valence-electron chi connectivity index (χ1n) is 8.02. The lowest BCUT2D eigenvalue weighted by atomic mass is 9.93. The van der Waals surface area contributed by atoms with Gasteiger partial charge in [-0.1, -0.05) is 53.9 Å². The summed E-state index contributed by atoms with van der Waals surface area (Å²) in [6.45, 7) is 15.1. The highest BCUT2D eigenvalue weighted by atomic mass is 15.1. The standard InChI is InChI=1S/C14H29N.C2H6/c1-4-7-14(6-3)12-15-10-8-13(5-2)9-11-15;1-2/h13-14H,4-12H2,1-3H3;1-2H3. The van der Waals surface area contributed by atoms with Crippen molar-refractivity contribution in [2.24, 2.45) is 11.8 Å². The van der Waals surface area contributed by atoms with Crippen molar-refractivity contribution < 1.29 is 0 Å². The highest BCUT2D eigenvalue weighted by Gasteiger charge is 2.19. The summed E-state index contributed by atoms with van der Waals surface area (Å²) >= 11 is 0. The molecule has 1 aliphatic rings. The highest BCUT2D eigenvalue weighted by molar-refractivity contribution is 4.73. The van der Waals surface area contributed by atoms with E-state index in [0.29, 0.717) is 0 Å². The molecule has 0 aromatic carbocycles. The van der Waals surface area contributed by atoms with E-state index in [2.05, 4.69) is 25.7 Å². The summed E-state index contributed by atoms with van der Waals surface area (Å²) in [7, 11) is 0. The fourth-order valence-electron chi connectivity index (χ4n) is 2.78. The van der Waals surface area contributed by atoms with Crippen LogP contribution in [0.2, 0.25) is 0 Å². The molecule has 0 spiro atoms. The molecule has 1 nitrogen and oxygen atoms in total. The van der Waals surface area contributed by atoms with Gasteiger partial charge in [0.1, 0.15) is 0 Å². The topological polar surface area (TPSA) is 3.24 Å². The third-order valence-corrected chi connectivity index (χ3v) is 4.08. The molecule has 1 heterocycles. The van der Waals surface area contributed by atoms with Crippen LogP contribution in [0.5, 0.6) is 0 Å². The molecule has 1 fully saturated rings. The van der Waals surface area contributed by atoms with Gasteiger partial charge in [0.25, 0.3) is 0 Å². The minimum atomic E-state index is 0.952. The molecule has 0 radical (unpaired) electrons. The molecule has 17 heavy (non-hydrogen) atoms. The van der Waals surface area contributed by atoms with Crippen molar-refractivity contribution in [1.82, 2.24) is 4.90 Å². The third kappa shape index (κ3) is 7.08. The van der Waals surface area contributed by atoms with E-state index in [-0.39, 0.29) is 0 Å². The zero-order valence-electron chi connectivity index (χ0n) is 13.0. The molecule has 1 atom stereocenters. The predicted molar refractivity (Wildman–Crippen MR) is 79.5 cm³/mol. The van der Waals surface area contributed by atoms with Crippen molar-refractivity contribution in [3.05, 3.63) is 0 Å². The molecular weight excluding hydrogens is 206 g/mol. The van der Waals surface area contributed by atoms with E-state index in [1.165, 1.54) is 58.2 Å². The van der Waals surface area contributed by atoms with E-state index in [1.54, 1.807) is 0 Å². The summed E-state index contributed by atoms with van der Waals surface area (Å²) < 4.78 is 0. The second kappa shape index (κ2) is 11.1. The number of rotatable bonds is 6. The van der Waals surface area contributed by atoms with Gasteiger partial charge in [0.05, 0.1) is 0 Å². The second-order valence-corrected chi connectivity index (χ2v) is 5.22. The van der Waals surface area contributed by atoms with Gasteiger partial charge in [-0.2, -0.15) is 0 Å². The third-order valence-electron chi connectivity index (χ3n) is 4.08. The fourth-order valence-corrected chi connectivity index (χ4v) is 2.78. The maximum atomic E-state index is 2.70. The van der Waals surface area contributed by atoms with E-state index in [1.807, 2.05) is 13.8 Å². The van der Waals surface area contributed by atoms with Crippen LogP contribution in [0.4, 0.5) is 0 Å². The van der Waals surface area contributed by atoms with Gasteiger partial charge in [0.2, 0.25) is 0 Å². The van der Waals surface area contributed by atoms with Crippen molar-refractivity contribution >= 4 is 0 Å². The van der Waals surface area contributed by atoms with E-state index in [4.69, 9.17) is 0 Å². The van der Waals surface area contributed by atoms with Crippen LogP contribution in [0.15, 0.2) is 0 Å². The molecule has 0 bridgehead atoms. The maximum Gasteiger partial charge on any atom is 0.000956 e. The Morgan fingerprint density at radius 2 is 1.65 bits per heavy atom. The average Bonchev–Trinajstić information content (AvgIpc) is 2.41. The number of likely N-dealkylation sites (tertiary alicyclic amines) is 1. The van der Waals surface area contributed by atoms with E-state index < -0.39 is 0 Å². The summed E-state index contributed by atoms with van der Waals surface area (Å²) in [5.41, 5.74) is 0. The smallest absolute Gasteiger partial charge is 0.000956 e. The van der Waals surface area contributed by atoms with Gasteiger partial charge in [-0.3, -0.25) is 0 Å². The zero-order valence-corrected chi connectivity index (χ0v) is 13.0. The Morgan fingerprint density at radius 1 is 1.06 bits per heavy atom. The van der Waals surface area contributed by atoms with Crippen LogP contribution < -0.4 is 0 Å². The molecule has 0 aromatic heterocycles. The summed E-state index contributed by atoms with van der Waals surface area (Å²) in [5.74, 6) is 1.97. The van der Waals surface area contributed by atoms with Gasteiger partial charge in [0.15, 0.2) is 0 Å². The van der Waals surface area contributed by atoms with E-state index in [0.717, 1.165) is 11.8 Å². The number of nitrogens with zero attached hydrogens (tertiary/aromatic N) is 1. The average molecular weight is 241 g/mol. The lowest BCUT2D eigenvalue weighted by Crippen LogP contribution is -2.36. The number of piperidine rings is 1. The van der Waals surface area contributed by atoms with E-state index >= 15 is 0 Å². The molecule has 1 aliphatic heterocycles. The minimum absolute atomic E-state index is 0.952. The van der Waals surface area contributed by atoms with Gasteiger partial charge < -0.3 is 4.90 Å². The molecule has 0 amide bonds. The number of hydrogen-bond donors (Lipinski definition) is 0. The Bertz CT molecular complexity index is 148. The lowest BCUT2D eigenvalue weighted by Gasteiger charge is -2.33. The Morgan fingerprint density at radius 3 is 2.06 bits per heavy atom. The monoisotopic (exact) mass is 241 g/mol. The summed E-state index contributed by atoms with van der Waals surface area (Å²) in [6.07, 6.45) is 8.41. The molecule has 0 saturated carbocycles. The largest absolute Gasteiger partial charge is 0.303 e. The van der Waals surface area contributed by atoms with Crippen LogP contribution in [0, 0.1) is 11.8 Å². The Kier molecular flexibility index (Phi) is 11.0. The van der Waals surface area contributed by atoms with Crippen LogP contribution >= 0.6 is 0 Å². The van der Waals surface area contributed by atoms with Gasteiger partial charge in [-0.25, -0.2) is 0 Å². The van der Waals surface area contributed by atoms with Crippen LogP contribution in [-0.4, -0.2) is 24.5 Å². The van der Waals surface area contributed by atoms with Crippen molar-refractivity contribution in [3.8, 4) is 0 Å². The first-order chi connectivity index (χ1) is 8.30. The van der Waals surface area contributed by atoms with Crippen LogP contribution in [0.3, 0.4) is 0 Å². The Labute approximate surface area is 110 Å². The molecule has 1 saturated heterocycles. The molecule has 1 heteroatoms. The quantitative estimate of drug-likeness (QED) is 0.635. The van der Waals surface area contributed by atoms with Crippen LogP contribution in [-0.2, 0) is 0 Å². The summed E-state index contributed by atoms with van der Waals surface area (Å²) in [4.78, 5) is 2.70. The zero-order chi connectivity index (χ0) is 13.1. The first-order valence-corrected chi connectivity index (χ1v) is 8.02. The molecule has 0 aromatic rings. The minimum Gasteiger partial charge on any atom is -0.303 e. The summed E-state index contributed by atoms with van der Waals surface area (Å²) in [5, 5.41) is 0. The van der Waals surface area contributed by atoms with Crippen molar-refractivity contribution in [2.75, 3.05) is 19.6 Å². The van der Waals surface area contributed by atoms with Gasteiger partial charge in [0, 0.05) is 6.54 Å². The van der Waals surface area contributed by atoms with Crippen LogP contribution in [0.25, 0.3) is 0 Å². The van der Waals surface area contributed by atoms with Gasteiger partial charge >= 0.3 is 0 Å². The summed E-state index contributed by atoms with van der Waals surface area (Å²) in [6, 6.07) is 0. The van der Waals surface area contributed by atoms with Crippen LogP contribution in [0.1, 0.15) is 73.1 Å². The Balaban J connectivity index is 0.00000121. The Hall–Kier alpha value is -0.0400. The molecule has 0 N–H and O–H groups in total. The lowest BCUT2D eigenvalue weighted by molar-refractivity contribution is 0.153. The molecular formula is C16H35N. The number of hydrogen-bond acceptors (Lipinski definition) is 1. The molecule has 104 valence electrons. The molecule has 0 aliphatic carbocycles. The predicted octanol–water partition coefficient (Wildman–Crippen LogP) is 4.96. The first kappa shape index (κ1) is 17.0. The van der Waals surface area contributed by atoms with Gasteiger partial charge in [-0.15, -0.1) is 0 Å². The van der Waals surface area contributed by atoms with Gasteiger partial charge in [-0.05, 0) is 44.2 Å². The second-order valence-electron chi connectivity index (χ2n) is 5.22. The van der Waals surface area contributed by atoms with Crippen molar-refractivity contribution in [3.63, 3.8) is 0 Å². The normalized spacial score (nSPS) is 19.6. The maximum absolute atomic E-state index is 2.70. The van der Waals surface area contributed by atoms with Crippen molar-refractivity contribution in [1.29, 1.82) is 0 Å². The molecule has 1 rings (SSSR count). The fraction of sp³-hybridized carbons (Fsp3) is 1.00. The van der Waals surface area contributed by atoms with E-state index in [9.17, 15) is 0 Å². The molecule has 1 unspecified atom stereocenters. The van der Waals surface area contributed by atoms with Crippen molar-refractivity contribution in [2.45, 2.75) is 73.1 Å². The highest BCUT2D eigenvalue weighted by Crippen LogP contribution is 2.22.